The number of carboxylic acids is 1. The standard InChI is InChI=1S/C15H19NO4S/c17-14(18)11-21-10-13-7-4-8-16(13)15(19)20-9-12-5-2-1-3-6-12/h1-3,5-6,13H,4,7-11H2,(H,17,18). The average molecular weight is 309 g/mol. The third-order valence-corrected chi connectivity index (χ3v) is 4.42. The Labute approximate surface area is 128 Å². The first-order valence-corrected chi connectivity index (χ1v) is 8.09. The van der Waals surface area contributed by atoms with Crippen LogP contribution in [0.2, 0.25) is 0 Å². The summed E-state index contributed by atoms with van der Waals surface area (Å²) in [5.41, 5.74) is 0.960. The Hall–Kier alpha value is -1.69. The molecule has 1 aliphatic rings. The van der Waals surface area contributed by atoms with Gasteiger partial charge in [0.25, 0.3) is 0 Å². The van der Waals surface area contributed by atoms with Crippen molar-refractivity contribution in [1.29, 1.82) is 0 Å². The number of likely N-dealkylation sites (tertiary alicyclic amines) is 1. The number of rotatable bonds is 6. The fourth-order valence-electron chi connectivity index (χ4n) is 2.33. The molecule has 1 heterocycles. The largest absolute Gasteiger partial charge is 0.481 e. The van der Waals surface area contributed by atoms with E-state index in [1.807, 2.05) is 30.3 Å². The van der Waals surface area contributed by atoms with E-state index >= 15 is 0 Å². The maximum absolute atomic E-state index is 12.1. The Morgan fingerprint density at radius 1 is 1.33 bits per heavy atom. The predicted octanol–water partition coefficient (Wildman–Crippen LogP) is 2.61. The van der Waals surface area contributed by atoms with Crippen molar-refractivity contribution in [2.75, 3.05) is 18.1 Å². The molecule has 21 heavy (non-hydrogen) atoms. The summed E-state index contributed by atoms with van der Waals surface area (Å²) in [6.45, 7) is 0.955. The van der Waals surface area contributed by atoms with Gasteiger partial charge >= 0.3 is 12.1 Å². The highest BCUT2D eigenvalue weighted by molar-refractivity contribution is 7.99. The highest BCUT2D eigenvalue weighted by atomic mass is 32.2. The molecule has 5 nitrogen and oxygen atoms in total. The van der Waals surface area contributed by atoms with Crippen molar-refractivity contribution in [1.82, 2.24) is 4.90 Å². The van der Waals surface area contributed by atoms with E-state index in [1.54, 1.807) is 4.90 Å². The molecule has 0 radical (unpaired) electrons. The Bertz CT molecular complexity index is 480. The molecule has 0 aromatic heterocycles. The summed E-state index contributed by atoms with van der Waals surface area (Å²) in [4.78, 5) is 24.3. The number of amides is 1. The van der Waals surface area contributed by atoms with E-state index < -0.39 is 5.97 Å². The van der Waals surface area contributed by atoms with Gasteiger partial charge in [-0.1, -0.05) is 30.3 Å². The van der Waals surface area contributed by atoms with Gasteiger partial charge < -0.3 is 14.7 Å². The monoisotopic (exact) mass is 309 g/mol. The van der Waals surface area contributed by atoms with Crippen LogP contribution >= 0.6 is 11.8 Å². The lowest BCUT2D eigenvalue weighted by atomic mass is 10.2. The zero-order chi connectivity index (χ0) is 15.1. The zero-order valence-electron chi connectivity index (χ0n) is 11.7. The number of carbonyl (C=O) groups excluding carboxylic acids is 1. The summed E-state index contributed by atoms with van der Waals surface area (Å²) in [7, 11) is 0. The van der Waals surface area contributed by atoms with Crippen LogP contribution in [0.1, 0.15) is 18.4 Å². The van der Waals surface area contributed by atoms with Crippen molar-refractivity contribution < 1.29 is 19.4 Å². The summed E-state index contributed by atoms with van der Waals surface area (Å²) < 4.78 is 5.33. The van der Waals surface area contributed by atoms with Crippen LogP contribution in [0.25, 0.3) is 0 Å². The lowest BCUT2D eigenvalue weighted by Crippen LogP contribution is -2.37. The van der Waals surface area contributed by atoms with Crippen LogP contribution in [-0.4, -0.2) is 46.2 Å². The minimum atomic E-state index is -0.823. The lowest BCUT2D eigenvalue weighted by molar-refractivity contribution is -0.133. The van der Waals surface area contributed by atoms with Gasteiger partial charge in [0.15, 0.2) is 0 Å². The van der Waals surface area contributed by atoms with Crippen LogP contribution in [0.15, 0.2) is 30.3 Å². The van der Waals surface area contributed by atoms with Gasteiger partial charge in [-0.3, -0.25) is 4.79 Å². The quantitative estimate of drug-likeness (QED) is 0.875. The Morgan fingerprint density at radius 3 is 2.81 bits per heavy atom. The number of carbonyl (C=O) groups is 2. The van der Waals surface area contributed by atoms with Crippen molar-refractivity contribution in [2.24, 2.45) is 0 Å². The number of aliphatic carboxylic acids is 1. The molecule has 1 aliphatic heterocycles. The number of thioether (sulfide) groups is 1. The molecule has 1 atom stereocenters. The van der Waals surface area contributed by atoms with E-state index in [4.69, 9.17) is 9.84 Å². The maximum atomic E-state index is 12.1. The van der Waals surface area contributed by atoms with Gasteiger partial charge in [0.1, 0.15) is 6.61 Å². The zero-order valence-corrected chi connectivity index (χ0v) is 12.6. The number of hydrogen-bond donors (Lipinski definition) is 1. The van der Waals surface area contributed by atoms with Gasteiger partial charge in [0.05, 0.1) is 5.75 Å². The second-order valence-electron chi connectivity index (χ2n) is 4.94. The molecule has 1 unspecified atom stereocenters. The first kappa shape index (κ1) is 15.7. The van der Waals surface area contributed by atoms with E-state index in [9.17, 15) is 9.59 Å². The summed E-state index contributed by atoms with van der Waals surface area (Å²) in [5.74, 6) is -0.105. The first-order valence-electron chi connectivity index (χ1n) is 6.93. The van der Waals surface area contributed by atoms with E-state index in [0.29, 0.717) is 12.3 Å². The second kappa shape index (κ2) is 7.93. The summed E-state index contributed by atoms with van der Waals surface area (Å²) in [6.07, 6.45) is 1.54. The first-order chi connectivity index (χ1) is 10.2. The molecule has 6 heteroatoms. The van der Waals surface area contributed by atoms with Crippen LogP contribution in [0.4, 0.5) is 4.79 Å². The number of hydrogen-bond acceptors (Lipinski definition) is 4. The molecule has 1 fully saturated rings. The Balaban J connectivity index is 1.78. The van der Waals surface area contributed by atoms with Gasteiger partial charge in [-0.2, -0.15) is 0 Å². The van der Waals surface area contributed by atoms with E-state index in [-0.39, 0.29) is 24.5 Å². The van der Waals surface area contributed by atoms with Gasteiger partial charge in [-0.05, 0) is 18.4 Å². The lowest BCUT2D eigenvalue weighted by Gasteiger charge is -2.23. The SMILES string of the molecule is O=C(O)CSCC1CCCN1C(=O)OCc1ccccc1. The molecular weight excluding hydrogens is 290 g/mol. The molecule has 1 amide bonds. The summed E-state index contributed by atoms with van der Waals surface area (Å²) in [5, 5.41) is 8.65. The van der Waals surface area contributed by atoms with Gasteiger partial charge in [0, 0.05) is 18.3 Å². The topological polar surface area (TPSA) is 66.8 Å². The van der Waals surface area contributed by atoms with Crippen molar-refractivity contribution in [3.05, 3.63) is 35.9 Å². The number of carboxylic acid groups (broad SMARTS) is 1. The van der Waals surface area contributed by atoms with Crippen LogP contribution in [0.3, 0.4) is 0 Å². The van der Waals surface area contributed by atoms with Crippen LogP contribution in [0, 0.1) is 0 Å². The molecule has 1 aromatic carbocycles. The third kappa shape index (κ3) is 4.97. The third-order valence-electron chi connectivity index (χ3n) is 3.35. The maximum Gasteiger partial charge on any atom is 0.410 e. The highest BCUT2D eigenvalue weighted by Gasteiger charge is 2.29. The smallest absolute Gasteiger partial charge is 0.410 e. The Kier molecular flexibility index (Phi) is 5.92. The van der Waals surface area contributed by atoms with Crippen molar-refractivity contribution in [2.45, 2.75) is 25.5 Å². The summed E-state index contributed by atoms with van der Waals surface area (Å²) in [6, 6.07) is 9.64. The predicted molar refractivity (Wildman–Crippen MR) is 81.3 cm³/mol. The minimum Gasteiger partial charge on any atom is -0.481 e. The van der Waals surface area contributed by atoms with Gasteiger partial charge in [-0.15, -0.1) is 11.8 Å². The molecule has 0 aliphatic carbocycles. The van der Waals surface area contributed by atoms with Crippen LogP contribution < -0.4 is 0 Å². The molecule has 114 valence electrons. The molecule has 0 spiro atoms. The van der Waals surface area contributed by atoms with E-state index in [1.165, 1.54) is 11.8 Å². The van der Waals surface area contributed by atoms with Crippen LogP contribution in [0.5, 0.6) is 0 Å². The van der Waals surface area contributed by atoms with Gasteiger partial charge in [-0.25, -0.2) is 4.79 Å². The molecule has 2 rings (SSSR count). The molecule has 1 aromatic rings. The fourth-order valence-corrected chi connectivity index (χ4v) is 3.24. The molecule has 0 bridgehead atoms. The number of nitrogens with zero attached hydrogens (tertiary/aromatic N) is 1. The fraction of sp³-hybridized carbons (Fsp3) is 0.467. The van der Waals surface area contributed by atoms with E-state index in [0.717, 1.165) is 18.4 Å². The van der Waals surface area contributed by atoms with Crippen molar-refractivity contribution >= 4 is 23.8 Å². The molecule has 1 N–H and O–H groups in total. The average Bonchev–Trinajstić information content (AvgIpc) is 2.94. The Morgan fingerprint density at radius 2 is 2.10 bits per heavy atom. The van der Waals surface area contributed by atoms with Crippen LogP contribution in [-0.2, 0) is 16.1 Å². The number of ether oxygens (including phenoxy) is 1. The highest BCUT2D eigenvalue weighted by Crippen LogP contribution is 2.22. The van der Waals surface area contributed by atoms with Crippen molar-refractivity contribution in [3.8, 4) is 0 Å². The van der Waals surface area contributed by atoms with Crippen molar-refractivity contribution in [3.63, 3.8) is 0 Å². The second-order valence-corrected chi connectivity index (χ2v) is 5.97. The molecule has 0 saturated carbocycles. The minimum absolute atomic E-state index is 0.0728. The number of benzene rings is 1. The summed E-state index contributed by atoms with van der Waals surface area (Å²) >= 11 is 1.35. The van der Waals surface area contributed by atoms with E-state index in [2.05, 4.69) is 0 Å². The molecular formula is C15H19NO4S. The normalized spacial score (nSPS) is 17.7. The molecule has 1 saturated heterocycles. The van der Waals surface area contributed by atoms with Gasteiger partial charge in [0.2, 0.25) is 0 Å².